The molecular formula is C22H27N5S. The lowest BCUT2D eigenvalue weighted by atomic mass is 9.94. The van der Waals surface area contributed by atoms with Gasteiger partial charge in [-0.3, -0.25) is 0 Å². The normalized spacial score (nSPS) is 17.5. The molecule has 3 heterocycles. The maximum absolute atomic E-state index is 4.88. The second-order valence-corrected chi connectivity index (χ2v) is 8.36. The van der Waals surface area contributed by atoms with E-state index in [1.54, 1.807) is 11.3 Å². The van der Waals surface area contributed by atoms with E-state index in [1.807, 2.05) is 6.07 Å². The molecule has 3 aromatic rings. The molecule has 5 nitrogen and oxygen atoms in total. The number of likely N-dealkylation sites (tertiary alicyclic amines) is 1. The number of nitrogens with one attached hydrogen (secondary N) is 1. The van der Waals surface area contributed by atoms with Crippen LogP contribution in [0.1, 0.15) is 41.9 Å². The predicted molar refractivity (Wildman–Crippen MR) is 115 cm³/mol. The van der Waals surface area contributed by atoms with Gasteiger partial charge in [0.05, 0.1) is 0 Å². The van der Waals surface area contributed by atoms with Crippen LogP contribution in [0.4, 0.5) is 10.9 Å². The number of aryl methyl sites for hydroxylation is 1. The van der Waals surface area contributed by atoms with E-state index < -0.39 is 0 Å². The number of nitrogens with zero attached hydrogens (tertiary/aromatic N) is 4. The Kier molecular flexibility index (Phi) is 6.29. The lowest BCUT2D eigenvalue weighted by Crippen LogP contribution is -2.36. The summed E-state index contributed by atoms with van der Waals surface area (Å²) in [7, 11) is 0. The van der Waals surface area contributed by atoms with E-state index in [9.17, 15) is 0 Å². The van der Waals surface area contributed by atoms with Crippen LogP contribution in [0, 0.1) is 0 Å². The van der Waals surface area contributed by atoms with Crippen LogP contribution in [0.3, 0.4) is 0 Å². The lowest BCUT2D eigenvalue weighted by Gasteiger charge is -2.32. The van der Waals surface area contributed by atoms with Crippen LogP contribution in [0.15, 0.2) is 48.5 Å². The van der Waals surface area contributed by atoms with E-state index in [4.69, 9.17) is 4.98 Å². The highest BCUT2D eigenvalue weighted by molar-refractivity contribution is 7.15. The minimum atomic E-state index is 0.492. The number of hydrogen-bond acceptors (Lipinski definition) is 6. The van der Waals surface area contributed by atoms with Crippen molar-refractivity contribution >= 4 is 22.3 Å². The van der Waals surface area contributed by atoms with E-state index in [2.05, 4.69) is 69.8 Å². The quantitative estimate of drug-likeness (QED) is 0.633. The summed E-state index contributed by atoms with van der Waals surface area (Å²) in [6.07, 6.45) is 4.46. The molecule has 0 radical (unpaired) electrons. The van der Waals surface area contributed by atoms with Gasteiger partial charge >= 0.3 is 0 Å². The van der Waals surface area contributed by atoms with Gasteiger partial charge < -0.3 is 10.2 Å². The molecule has 1 unspecified atom stereocenters. The average Bonchev–Trinajstić information content (AvgIpc) is 3.21. The summed E-state index contributed by atoms with van der Waals surface area (Å²) in [5.41, 5.74) is 2.59. The number of piperidine rings is 1. The Bertz CT molecular complexity index is 879. The van der Waals surface area contributed by atoms with Crippen molar-refractivity contribution in [3.05, 3.63) is 64.8 Å². The van der Waals surface area contributed by atoms with Crippen molar-refractivity contribution < 1.29 is 0 Å². The Morgan fingerprint density at radius 1 is 1.11 bits per heavy atom. The summed E-state index contributed by atoms with van der Waals surface area (Å²) in [5, 5.41) is 13.5. The van der Waals surface area contributed by atoms with E-state index in [1.165, 1.54) is 30.6 Å². The zero-order chi connectivity index (χ0) is 19.2. The fourth-order valence-corrected chi connectivity index (χ4v) is 4.42. The number of benzene rings is 1. The number of aromatic nitrogens is 3. The highest BCUT2D eigenvalue weighted by Crippen LogP contribution is 2.27. The van der Waals surface area contributed by atoms with E-state index >= 15 is 0 Å². The maximum Gasteiger partial charge on any atom is 0.211 e. The summed E-state index contributed by atoms with van der Waals surface area (Å²) >= 11 is 1.59. The Morgan fingerprint density at radius 3 is 2.82 bits per heavy atom. The molecule has 1 atom stereocenters. The van der Waals surface area contributed by atoms with Crippen molar-refractivity contribution in [2.45, 2.75) is 38.5 Å². The zero-order valence-electron chi connectivity index (χ0n) is 16.3. The molecule has 4 rings (SSSR count). The van der Waals surface area contributed by atoms with Crippen molar-refractivity contribution in [3.8, 4) is 0 Å². The monoisotopic (exact) mass is 393 g/mol. The van der Waals surface area contributed by atoms with Crippen LogP contribution in [0.25, 0.3) is 0 Å². The van der Waals surface area contributed by atoms with E-state index in [-0.39, 0.29) is 0 Å². The third-order valence-corrected chi connectivity index (χ3v) is 6.24. The van der Waals surface area contributed by atoms with Crippen LogP contribution < -0.4 is 5.32 Å². The number of anilines is 2. The minimum Gasteiger partial charge on any atom is -0.315 e. The van der Waals surface area contributed by atoms with Gasteiger partial charge in [-0.05, 0) is 49.9 Å². The third kappa shape index (κ3) is 4.94. The Labute approximate surface area is 170 Å². The van der Waals surface area contributed by atoms with E-state index in [0.717, 1.165) is 41.9 Å². The summed E-state index contributed by atoms with van der Waals surface area (Å²) in [6, 6.07) is 17.0. The second-order valence-electron chi connectivity index (χ2n) is 7.30. The average molecular weight is 394 g/mol. The highest BCUT2D eigenvalue weighted by atomic mass is 32.1. The number of rotatable bonds is 7. The SMILES string of the molecule is CCc1nnc(Nc2cccc(C3CCCN(CCc4ccccc4)C3)n2)s1. The topological polar surface area (TPSA) is 53.9 Å². The van der Waals surface area contributed by atoms with Gasteiger partial charge in [-0.2, -0.15) is 0 Å². The van der Waals surface area contributed by atoms with Crippen LogP contribution in [-0.2, 0) is 12.8 Å². The second kappa shape index (κ2) is 9.26. The van der Waals surface area contributed by atoms with Crippen LogP contribution in [0.2, 0.25) is 0 Å². The molecule has 0 amide bonds. The Balaban J connectivity index is 1.37. The summed E-state index contributed by atoms with van der Waals surface area (Å²) < 4.78 is 0. The molecule has 2 aromatic heterocycles. The fourth-order valence-electron chi connectivity index (χ4n) is 3.74. The molecule has 146 valence electrons. The van der Waals surface area contributed by atoms with Gasteiger partial charge in [-0.15, -0.1) is 10.2 Å². The maximum atomic E-state index is 4.88. The smallest absolute Gasteiger partial charge is 0.211 e. The van der Waals surface area contributed by atoms with Crippen molar-refractivity contribution in [2.24, 2.45) is 0 Å². The first-order valence-electron chi connectivity index (χ1n) is 10.1. The molecule has 28 heavy (non-hydrogen) atoms. The number of pyridine rings is 1. The van der Waals surface area contributed by atoms with Crippen LogP contribution in [-0.4, -0.2) is 39.7 Å². The molecule has 1 saturated heterocycles. The number of hydrogen-bond donors (Lipinski definition) is 1. The molecule has 0 aliphatic carbocycles. The molecule has 1 aliphatic rings. The standard InChI is InChI=1S/C22H27N5S/c1-2-21-25-26-22(28-21)24-20-12-6-11-19(23-20)18-10-7-14-27(16-18)15-13-17-8-4-3-5-9-17/h3-6,8-9,11-12,18H,2,7,10,13-16H2,1H3,(H,23,24,26). The molecule has 0 spiro atoms. The van der Waals surface area contributed by atoms with E-state index in [0.29, 0.717) is 5.92 Å². The molecule has 0 saturated carbocycles. The molecular weight excluding hydrogens is 366 g/mol. The first kappa shape index (κ1) is 19.0. The fraction of sp³-hybridized carbons (Fsp3) is 0.409. The van der Waals surface area contributed by atoms with Crippen molar-refractivity contribution in [1.29, 1.82) is 0 Å². The van der Waals surface area contributed by atoms with Crippen molar-refractivity contribution in [3.63, 3.8) is 0 Å². The summed E-state index contributed by atoms with van der Waals surface area (Å²) in [5.74, 6) is 1.35. The zero-order valence-corrected chi connectivity index (χ0v) is 17.2. The molecule has 1 fully saturated rings. The highest BCUT2D eigenvalue weighted by Gasteiger charge is 2.22. The molecule has 1 aliphatic heterocycles. The summed E-state index contributed by atoms with van der Waals surface area (Å²) in [6.45, 7) is 5.48. The predicted octanol–water partition coefficient (Wildman–Crippen LogP) is 4.66. The van der Waals surface area contributed by atoms with Gasteiger partial charge in [-0.1, -0.05) is 54.7 Å². The van der Waals surface area contributed by atoms with Gasteiger partial charge in [-0.25, -0.2) is 4.98 Å². The van der Waals surface area contributed by atoms with Crippen molar-refractivity contribution in [2.75, 3.05) is 25.0 Å². The third-order valence-electron chi connectivity index (χ3n) is 5.26. The summed E-state index contributed by atoms with van der Waals surface area (Å²) in [4.78, 5) is 7.47. The van der Waals surface area contributed by atoms with Crippen LogP contribution >= 0.6 is 11.3 Å². The lowest BCUT2D eigenvalue weighted by molar-refractivity contribution is 0.208. The largest absolute Gasteiger partial charge is 0.315 e. The van der Waals surface area contributed by atoms with Gasteiger partial charge in [0, 0.05) is 24.7 Å². The molecule has 1 N–H and O–H groups in total. The Morgan fingerprint density at radius 2 is 2.00 bits per heavy atom. The molecule has 1 aromatic carbocycles. The minimum absolute atomic E-state index is 0.492. The van der Waals surface area contributed by atoms with Crippen molar-refractivity contribution in [1.82, 2.24) is 20.1 Å². The first-order valence-corrected chi connectivity index (χ1v) is 10.9. The van der Waals surface area contributed by atoms with Gasteiger partial charge in [0.25, 0.3) is 0 Å². The van der Waals surface area contributed by atoms with Gasteiger partial charge in [0.15, 0.2) is 0 Å². The van der Waals surface area contributed by atoms with Gasteiger partial charge in [0.2, 0.25) is 5.13 Å². The molecule has 0 bridgehead atoms. The van der Waals surface area contributed by atoms with Gasteiger partial charge in [0.1, 0.15) is 10.8 Å². The molecule has 6 heteroatoms. The van der Waals surface area contributed by atoms with Crippen LogP contribution in [0.5, 0.6) is 0 Å². The Hall–Kier alpha value is -2.31. The first-order chi connectivity index (χ1) is 13.8.